The summed E-state index contributed by atoms with van der Waals surface area (Å²) >= 11 is 1.26. The number of urea groups is 1. The Bertz CT molecular complexity index is 756. The van der Waals surface area contributed by atoms with Crippen molar-refractivity contribution in [3.63, 3.8) is 0 Å². The highest BCUT2D eigenvalue weighted by atomic mass is 32.1. The molecule has 1 aromatic carbocycles. The molecule has 1 fully saturated rings. The summed E-state index contributed by atoms with van der Waals surface area (Å²) in [5, 5.41) is 4.63. The van der Waals surface area contributed by atoms with E-state index in [2.05, 4.69) is 30.4 Å². The molecule has 0 aliphatic carbocycles. The first-order chi connectivity index (χ1) is 11.6. The number of likely N-dealkylation sites (tertiary alicyclic amines) is 1. The van der Waals surface area contributed by atoms with Gasteiger partial charge in [-0.15, -0.1) is 11.3 Å². The van der Waals surface area contributed by atoms with E-state index in [1.165, 1.54) is 24.0 Å². The molecule has 1 aliphatic heterocycles. The molecule has 24 heavy (non-hydrogen) atoms. The number of nitrogens with zero attached hydrogens (tertiary/aromatic N) is 1. The van der Waals surface area contributed by atoms with Gasteiger partial charge < -0.3 is 15.0 Å². The van der Waals surface area contributed by atoms with E-state index in [1.807, 2.05) is 11.0 Å². The van der Waals surface area contributed by atoms with Crippen molar-refractivity contribution in [1.82, 2.24) is 4.90 Å². The van der Waals surface area contributed by atoms with Crippen molar-refractivity contribution in [2.24, 2.45) is 0 Å². The Morgan fingerprint density at radius 3 is 2.92 bits per heavy atom. The minimum absolute atomic E-state index is 0.0742. The van der Waals surface area contributed by atoms with Crippen LogP contribution in [0.3, 0.4) is 0 Å². The number of nitrogens with one attached hydrogen (secondary N) is 1. The van der Waals surface area contributed by atoms with Crippen molar-refractivity contribution < 1.29 is 14.3 Å². The number of ether oxygens (including phenoxy) is 1. The zero-order valence-corrected chi connectivity index (χ0v) is 14.6. The number of thiophene rings is 1. The zero-order valence-electron chi connectivity index (χ0n) is 13.7. The Hall–Kier alpha value is -2.34. The lowest BCUT2D eigenvalue weighted by atomic mass is 10.0. The summed E-state index contributed by atoms with van der Waals surface area (Å²) < 4.78 is 4.75. The highest BCUT2D eigenvalue weighted by Gasteiger charge is 2.30. The predicted octanol–water partition coefficient (Wildman–Crippen LogP) is 4.21. The molecule has 0 unspecified atom stereocenters. The van der Waals surface area contributed by atoms with Crippen LogP contribution in [0.5, 0.6) is 0 Å². The Morgan fingerprint density at radius 1 is 1.33 bits per heavy atom. The molecule has 6 heteroatoms. The summed E-state index contributed by atoms with van der Waals surface area (Å²) in [7, 11) is 1.34. The van der Waals surface area contributed by atoms with Gasteiger partial charge in [-0.1, -0.05) is 29.8 Å². The van der Waals surface area contributed by atoms with Crippen LogP contribution in [0.4, 0.5) is 10.5 Å². The average molecular weight is 344 g/mol. The maximum Gasteiger partial charge on any atom is 0.350 e. The summed E-state index contributed by atoms with van der Waals surface area (Å²) in [4.78, 5) is 26.7. The minimum atomic E-state index is -0.433. The van der Waals surface area contributed by atoms with E-state index in [-0.39, 0.29) is 12.1 Å². The van der Waals surface area contributed by atoms with E-state index in [0.29, 0.717) is 17.1 Å². The minimum Gasteiger partial charge on any atom is -0.465 e. The highest BCUT2D eigenvalue weighted by molar-refractivity contribution is 7.12. The number of hydrogen-bond acceptors (Lipinski definition) is 4. The Labute approximate surface area is 145 Å². The second-order valence-corrected chi connectivity index (χ2v) is 6.77. The van der Waals surface area contributed by atoms with Gasteiger partial charge in [-0.2, -0.15) is 0 Å². The molecule has 2 amide bonds. The maximum atomic E-state index is 12.7. The molecule has 1 saturated heterocycles. The smallest absolute Gasteiger partial charge is 0.350 e. The van der Waals surface area contributed by atoms with Crippen LogP contribution in [0.15, 0.2) is 35.7 Å². The van der Waals surface area contributed by atoms with Crippen molar-refractivity contribution >= 4 is 29.0 Å². The number of anilines is 1. The van der Waals surface area contributed by atoms with Gasteiger partial charge in [-0.3, -0.25) is 0 Å². The molecule has 1 aliphatic rings. The van der Waals surface area contributed by atoms with Crippen LogP contribution in [0.1, 0.15) is 39.7 Å². The average Bonchev–Trinajstić information content (AvgIpc) is 3.23. The maximum absolute atomic E-state index is 12.7. The van der Waals surface area contributed by atoms with E-state index in [4.69, 9.17) is 4.74 Å². The largest absolute Gasteiger partial charge is 0.465 e. The second kappa shape index (κ2) is 7.05. The van der Waals surface area contributed by atoms with Gasteiger partial charge in [-0.25, -0.2) is 9.59 Å². The molecule has 3 rings (SSSR count). The van der Waals surface area contributed by atoms with E-state index < -0.39 is 5.97 Å². The SMILES string of the molecule is COC(=O)c1sccc1NC(=O)N1CCC[C@H]1c1cccc(C)c1. The molecular formula is C18H20N2O3S. The molecule has 1 atom stereocenters. The highest BCUT2D eigenvalue weighted by Crippen LogP contribution is 2.33. The number of hydrogen-bond donors (Lipinski definition) is 1. The van der Waals surface area contributed by atoms with Gasteiger partial charge >= 0.3 is 12.0 Å². The molecule has 1 aromatic heterocycles. The van der Waals surface area contributed by atoms with Gasteiger partial charge in [0.2, 0.25) is 0 Å². The van der Waals surface area contributed by atoms with Crippen LogP contribution in [-0.2, 0) is 4.74 Å². The molecule has 5 nitrogen and oxygen atoms in total. The quantitative estimate of drug-likeness (QED) is 0.849. The van der Waals surface area contributed by atoms with E-state index in [1.54, 1.807) is 11.4 Å². The lowest BCUT2D eigenvalue weighted by Crippen LogP contribution is -2.34. The third-order valence-electron chi connectivity index (χ3n) is 4.22. The van der Waals surface area contributed by atoms with E-state index in [0.717, 1.165) is 18.4 Å². The van der Waals surface area contributed by atoms with Crippen LogP contribution in [-0.4, -0.2) is 30.6 Å². The topological polar surface area (TPSA) is 58.6 Å². The fourth-order valence-corrected chi connectivity index (χ4v) is 3.85. The first-order valence-electron chi connectivity index (χ1n) is 7.90. The normalized spacial score (nSPS) is 16.9. The number of amides is 2. The van der Waals surface area contributed by atoms with Crippen LogP contribution >= 0.6 is 11.3 Å². The molecule has 1 N–H and O–H groups in total. The fraction of sp³-hybridized carbons (Fsp3) is 0.333. The Morgan fingerprint density at radius 2 is 2.17 bits per heavy atom. The zero-order chi connectivity index (χ0) is 17.1. The van der Waals surface area contributed by atoms with Gasteiger partial charge in [0.25, 0.3) is 0 Å². The number of methoxy groups -OCH3 is 1. The molecule has 126 valence electrons. The number of esters is 1. The number of carbonyl (C=O) groups is 2. The second-order valence-electron chi connectivity index (χ2n) is 5.85. The number of aryl methyl sites for hydroxylation is 1. The lowest BCUT2D eigenvalue weighted by Gasteiger charge is -2.25. The van der Waals surface area contributed by atoms with Crippen molar-refractivity contribution in [2.45, 2.75) is 25.8 Å². The standard InChI is InChI=1S/C18H20N2O3S/c1-12-5-3-6-13(11-12)15-7-4-9-20(15)18(22)19-14-8-10-24-16(14)17(21)23-2/h3,5-6,8,10-11,15H,4,7,9H2,1-2H3,(H,19,22)/t15-/m0/s1. The van der Waals surface area contributed by atoms with Crippen molar-refractivity contribution in [1.29, 1.82) is 0 Å². The number of carbonyl (C=O) groups excluding carboxylic acids is 2. The summed E-state index contributed by atoms with van der Waals surface area (Å²) in [6.07, 6.45) is 1.92. The van der Waals surface area contributed by atoms with Crippen molar-refractivity contribution in [3.05, 3.63) is 51.7 Å². The van der Waals surface area contributed by atoms with Crippen LogP contribution in [0.25, 0.3) is 0 Å². The number of benzene rings is 1. The van der Waals surface area contributed by atoms with E-state index in [9.17, 15) is 9.59 Å². The predicted molar refractivity (Wildman–Crippen MR) is 94.5 cm³/mol. The monoisotopic (exact) mass is 344 g/mol. The van der Waals surface area contributed by atoms with Crippen molar-refractivity contribution in [2.75, 3.05) is 19.0 Å². The molecule has 0 spiro atoms. The first-order valence-corrected chi connectivity index (χ1v) is 8.78. The first kappa shape index (κ1) is 16.5. The molecule has 2 aromatic rings. The molecule has 2 heterocycles. The summed E-state index contributed by atoms with van der Waals surface area (Å²) in [5.74, 6) is -0.433. The van der Waals surface area contributed by atoms with E-state index >= 15 is 0 Å². The van der Waals surface area contributed by atoms with Crippen LogP contribution < -0.4 is 5.32 Å². The molecule has 0 saturated carbocycles. The third kappa shape index (κ3) is 3.28. The lowest BCUT2D eigenvalue weighted by molar-refractivity contribution is 0.0607. The van der Waals surface area contributed by atoms with Gasteiger partial charge in [0.05, 0.1) is 18.8 Å². The fourth-order valence-electron chi connectivity index (χ4n) is 3.08. The van der Waals surface area contributed by atoms with Crippen LogP contribution in [0.2, 0.25) is 0 Å². The summed E-state index contributed by atoms with van der Waals surface area (Å²) in [5.41, 5.74) is 2.85. The van der Waals surface area contributed by atoms with Crippen LogP contribution in [0, 0.1) is 6.92 Å². The van der Waals surface area contributed by atoms with Crippen molar-refractivity contribution in [3.8, 4) is 0 Å². The van der Waals surface area contributed by atoms with Gasteiger partial charge in [0.15, 0.2) is 0 Å². The number of rotatable bonds is 3. The Balaban J connectivity index is 1.77. The summed E-state index contributed by atoms with van der Waals surface area (Å²) in [6, 6.07) is 9.89. The third-order valence-corrected chi connectivity index (χ3v) is 5.11. The molecular weight excluding hydrogens is 324 g/mol. The van der Waals surface area contributed by atoms with Gasteiger partial charge in [0.1, 0.15) is 4.88 Å². The summed E-state index contributed by atoms with van der Waals surface area (Å²) in [6.45, 7) is 2.76. The van der Waals surface area contributed by atoms with Gasteiger partial charge in [-0.05, 0) is 36.8 Å². The molecule has 0 radical (unpaired) electrons. The Kier molecular flexibility index (Phi) is 4.85. The molecule has 0 bridgehead atoms. The van der Waals surface area contributed by atoms with Gasteiger partial charge in [0, 0.05) is 6.54 Å².